The van der Waals surface area contributed by atoms with Crippen LogP contribution in [0.15, 0.2) is 18.2 Å². The summed E-state index contributed by atoms with van der Waals surface area (Å²) in [7, 11) is 0. The number of nitrogens with two attached hydrogens (primary N) is 2. The zero-order chi connectivity index (χ0) is 13.4. The van der Waals surface area contributed by atoms with Crippen molar-refractivity contribution in [3.63, 3.8) is 0 Å². The van der Waals surface area contributed by atoms with Gasteiger partial charge in [-0.15, -0.1) is 0 Å². The third-order valence-electron chi connectivity index (χ3n) is 2.54. The van der Waals surface area contributed by atoms with Crippen LogP contribution >= 0.6 is 0 Å². The topological polar surface area (TPSA) is 90.4 Å². The molecule has 0 spiro atoms. The number of amides is 1. The van der Waals surface area contributed by atoms with Crippen LogP contribution in [0.2, 0.25) is 0 Å². The normalized spacial score (nSPS) is 10.3. The highest BCUT2D eigenvalue weighted by atomic mass is 16.5. The standard InChI is InChI=1S/C13H21N3O2/c1-2-3-7-18-8-6-16-12-5-4-10(13(15)17)9-11(12)14/h4-5,9,16H,2-3,6-8,14H2,1H3,(H2,15,17). The van der Waals surface area contributed by atoms with Crippen molar-refractivity contribution >= 4 is 17.3 Å². The number of ether oxygens (including phenoxy) is 1. The second-order valence-electron chi connectivity index (χ2n) is 4.06. The summed E-state index contributed by atoms with van der Waals surface area (Å²) in [6, 6.07) is 4.98. The molecule has 5 N–H and O–H groups in total. The Kier molecular flexibility index (Phi) is 6.00. The van der Waals surface area contributed by atoms with Crippen molar-refractivity contribution in [1.29, 1.82) is 0 Å². The van der Waals surface area contributed by atoms with Crippen molar-refractivity contribution in [1.82, 2.24) is 0 Å². The van der Waals surface area contributed by atoms with E-state index < -0.39 is 5.91 Å². The Balaban J connectivity index is 2.36. The zero-order valence-corrected chi connectivity index (χ0v) is 10.7. The maximum absolute atomic E-state index is 11.0. The van der Waals surface area contributed by atoms with Gasteiger partial charge in [-0.2, -0.15) is 0 Å². The van der Waals surface area contributed by atoms with Gasteiger partial charge in [0.25, 0.3) is 0 Å². The van der Waals surface area contributed by atoms with E-state index in [1.165, 1.54) is 0 Å². The number of carbonyl (C=O) groups excluding carboxylic acids is 1. The van der Waals surface area contributed by atoms with Crippen LogP contribution in [0, 0.1) is 0 Å². The predicted molar refractivity (Wildman–Crippen MR) is 73.6 cm³/mol. The number of primary amides is 1. The maximum Gasteiger partial charge on any atom is 0.248 e. The van der Waals surface area contributed by atoms with Crippen LogP contribution in [0.25, 0.3) is 0 Å². The highest BCUT2D eigenvalue weighted by Crippen LogP contribution is 2.19. The van der Waals surface area contributed by atoms with Gasteiger partial charge in [-0.3, -0.25) is 4.79 Å². The molecule has 0 radical (unpaired) electrons. The SMILES string of the molecule is CCCCOCCNc1ccc(C(N)=O)cc1N. The second-order valence-corrected chi connectivity index (χ2v) is 4.06. The second kappa shape index (κ2) is 7.55. The highest BCUT2D eigenvalue weighted by Gasteiger charge is 2.04. The molecule has 5 heteroatoms. The van der Waals surface area contributed by atoms with E-state index in [2.05, 4.69) is 12.2 Å². The predicted octanol–water partition coefficient (Wildman–Crippen LogP) is 1.60. The van der Waals surface area contributed by atoms with Crippen molar-refractivity contribution < 1.29 is 9.53 Å². The van der Waals surface area contributed by atoms with Gasteiger partial charge in [-0.1, -0.05) is 13.3 Å². The van der Waals surface area contributed by atoms with E-state index >= 15 is 0 Å². The van der Waals surface area contributed by atoms with E-state index in [1.807, 2.05) is 0 Å². The van der Waals surface area contributed by atoms with Crippen LogP contribution in [0.1, 0.15) is 30.1 Å². The maximum atomic E-state index is 11.0. The van der Waals surface area contributed by atoms with E-state index in [0.29, 0.717) is 24.4 Å². The van der Waals surface area contributed by atoms with Crippen molar-refractivity contribution in [2.45, 2.75) is 19.8 Å². The van der Waals surface area contributed by atoms with Crippen LogP contribution in [0.4, 0.5) is 11.4 Å². The van der Waals surface area contributed by atoms with Gasteiger partial charge in [-0.25, -0.2) is 0 Å². The third-order valence-corrected chi connectivity index (χ3v) is 2.54. The molecular formula is C13H21N3O2. The highest BCUT2D eigenvalue weighted by molar-refractivity contribution is 5.94. The fourth-order valence-corrected chi connectivity index (χ4v) is 1.48. The summed E-state index contributed by atoms with van der Waals surface area (Å²) < 4.78 is 5.42. The molecule has 0 unspecified atom stereocenters. The monoisotopic (exact) mass is 251 g/mol. The number of nitrogens with one attached hydrogen (secondary N) is 1. The van der Waals surface area contributed by atoms with Crippen molar-refractivity contribution in [2.75, 3.05) is 30.8 Å². The van der Waals surface area contributed by atoms with Crippen LogP contribution in [-0.4, -0.2) is 25.7 Å². The Morgan fingerprint density at radius 1 is 1.39 bits per heavy atom. The van der Waals surface area contributed by atoms with E-state index in [0.717, 1.165) is 25.1 Å². The molecule has 0 saturated heterocycles. The summed E-state index contributed by atoms with van der Waals surface area (Å²) in [5.74, 6) is -0.476. The van der Waals surface area contributed by atoms with Crippen molar-refractivity contribution in [2.24, 2.45) is 5.73 Å². The molecule has 0 saturated carbocycles. The largest absolute Gasteiger partial charge is 0.397 e. The van der Waals surface area contributed by atoms with Gasteiger partial charge >= 0.3 is 0 Å². The first-order valence-corrected chi connectivity index (χ1v) is 6.16. The molecule has 0 aliphatic heterocycles. The summed E-state index contributed by atoms with van der Waals surface area (Å²) >= 11 is 0. The lowest BCUT2D eigenvalue weighted by Gasteiger charge is -2.10. The molecule has 5 nitrogen and oxygen atoms in total. The fourth-order valence-electron chi connectivity index (χ4n) is 1.48. The molecule has 1 aromatic rings. The molecule has 1 aromatic carbocycles. The van der Waals surface area contributed by atoms with Crippen LogP contribution in [0.5, 0.6) is 0 Å². The minimum absolute atomic E-state index is 0.414. The van der Waals surface area contributed by atoms with E-state index in [9.17, 15) is 4.79 Å². The lowest BCUT2D eigenvalue weighted by Crippen LogP contribution is -2.13. The van der Waals surface area contributed by atoms with E-state index in [-0.39, 0.29) is 0 Å². The van der Waals surface area contributed by atoms with E-state index in [4.69, 9.17) is 16.2 Å². The number of hydrogen-bond acceptors (Lipinski definition) is 4. The summed E-state index contributed by atoms with van der Waals surface area (Å²) in [6.45, 7) is 4.23. The van der Waals surface area contributed by atoms with Crippen LogP contribution < -0.4 is 16.8 Å². The molecular weight excluding hydrogens is 230 g/mol. The molecule has 0 aliphatic carbocycles. The molecule has 1 rings (SSSR count). The number of carbonyl (C=O) groups is 1. The molecule has 1 amide bonds. The number of anilines is 2. The molecule has 100 valence electrons. The molecule has 0 heterocycles. The minimum atomic E-state index is -0.476. The number of benzene rings is 1. The molecule has 0 atom stereocenters. The Morgan fingerprint density at radius 2 is 2.17 bits per heavy atom. The smallest absolute Gasteiger partial charge is 0.248 e. The minimum Gasteiger partial charge on any atom is -0.397 e. The first kappa shape index (κ1) is 14.3. The number of rotatable bonds is 8. The molecule has 0 aliphatic rings. The van der Waals surface area contributed by atoms with Crippen molar-refractivity contribution in [3.05, 3.63) is 23.8 Å². The summed E-state index contributed by atoms with van der Waals surface area (Å²) in [5, 5.41) is 3.15. The molecule has 0 bridgehead atoms. The number of unbranched alkanes of at least 4 members (excludes halogenated alkanes) is 1. The Labute approximate surface area is 107 Å². The molecule has 18 heavy (non-hydrogen) atoms. The summed E-state index contributed by atoms with van der Waals surface area (Å²) in [4.78, 5) is 11.0. The van der Waals surface area contributed by atoms with Crippen LogP contribution in [0.3, 0.4) is 0 Å². The first-order chi connectivity index (χ1) is 8.65. The Bertz CT molecular complexity index is 394. The zero-order valence-electron chi connectivity index (χ0n) is 10.7. The van der Waals surface area contributed by atoms with Gasteiger partial charge in [0.05, 0.1) is 18.0 Å². The van der Waals surface area contributed by atoms with Crippen molar-refractivity contribution in [3.8, 4) is 0 Å². The Hall–Kier alpha value is -1.75. The van der Waals surface area contributed by atoms with Crippen LogP contribution in [-0.2, 0) is 4.74 Å². The van der Waals surface area contributed by atoms with Gasteiger partial charge in [0, 0.05) is 18.7 Å². The lowest BCUT2D eigenvalue weighted by molar-refractivity contribution is 0.100. The quantitative estimate of drug-likeness (QED) is 0.483. The molecule has 0 aromatic heterocycles. The van der Waals surface area contributed by atoms with Gasteiger partial charge in [0.2, 0.25) is 5.91 Å². The average molecular weight is 251 g/mol. The molecule has 0 fully saturated rings. The first-order valence-electron chi connectivity index (χ1n) is 6.16. The van der Waals surface area contributed by atoms with Gasteiger partial charge < -0.3 is 21.5 Å². The van der Waals surface area contributed by atoms with Gasteiger partial charge in [0.1, 0.15) is 0 Å². The fraction of sp³-hybridized carbons (Fsp3) is 0.462. The van der Waals surface area contributed by atoms with Gasteiger partial charge in [0.15, 0.2) is 0 Å². The summed E-state index contributed by atoms with van der Waals surface area (Å²) in [5.41, 5.74) is 12.7. The average Bonchev–Trinajstić information content (AvgIpc) is 2.35. The van der Waals surface area contributed by atoms with E-state index in [1.54, 1.807) is 18.2 Å². The number of nitrogen functional groups attached to an aromatic ring is 1. The summed E-state index contributed by atoms with van der Waals surface area (Å²) in [6.07, 6.45) is 2.21. The third kappa shape index (κ3) is 4.63. The lowest BCUT2D eigenvalue weighted by atomic mass is 10.1. The Morgan fingerprint density at radius 3 is 2.78 bits per heavy atom. The van der Waals surface area contributed by atoms with Gasteiger partial charge in [-0.05, 0) is 24.6 Å². The number of hydrogen-bond donors (Lipinski definition) is 3.